The number of aryl methyl sites for hydroxylation is 1. The minimum atomic E-state index is -0.608. The third-order valence-electron chi connectivity index (χ3n) is 2.76. The van der Waals surface area contributed by atoms with Crippen molar-refractivity contribution < 1.29 is 9.13 Å². The Morgan fingerprint density at radius 3 is 2.90 bits per heavy atom. The highest BCUT2D eigenvalue weighted by Gasteiger charge is 2.12. The maximum atomic E-state index is 13.8. The number of hydrogen-bond donors (Lipinski definition) is 1. The van der Waals surface area contributed by atoms with Crippen molar-refractivity contribution in [2.75, 3.05) is 5.73 Å². The minimum absolute atomic E-state index is 0.00616. The highest BCUT2D eigenvalue weighted by molar-refractivity contribution is 7.18. The topological polar surface area (TPSA) is 48.1 Å². The highest BCUT2D eigenvalue weighted by Crippen LogP contribution is 2.35. The lowest BCUT2D eigenvalue weighted by molar-refractivity contribution is 0.445. The van der Waals surface area contributed by atoms with Gasteiger partial charge in [-0.05, 0) is 25.1 Å². The molecule has 102 valence electrons. The summed E-state index contributed by atoms with van der Waals surface area (Å²) >= 11 is 7.27. The number of fused-ring (bicyclic) bond motifs is 1. The minimum Gasteiger partial charge on any atom is -0.452 e. The molecule has 3 aromatic rings. The van der Waals surface area contributed by atoms with Gasteiger partial charge < -0.3 is 10.5 Å². The molecule has 0 bridgehead atoms. The molecule has 0 saturated carbocycles. The number of rotatable bonds is 2. The Hall–Kier alpha value is -1.85. The van der Waals surface area contributed by atoms with Gasteiger partial charge in [0.1, 0.15) is 0 Å². The molecule has 0 unspecified atom stereocenters. The molecule has 0 spiro atoms. The zero-order valence-corrected chi connectivity index (χ0v) is 12.1. The van der Waals surface area contributed by atoms with Gasteiger partial charge in [0.05, 0.1) is 25.9 Å². The third-order valence-corrected chi connectivity index (χ3v) is 3.99. The second-order valence-corrected chi connectivity index (χ2v) is 5.89. The predicted octanol–water partition coefficient (Wildman–Crippen LogP) is 4.77. The summed E-state index contributed by atoms with van der Waals surface area (Å²) in [7, 11) is 0. The van der Waals surface area contributed by atoms with E-state index in [4.69, 9.17) is 22.1 Å². The van der Waals surface area contributed by atoms with E-state index in [1.165, 1.54) is 12.1 Å². The van der Waals surface area contributed by atoms with Crippen LogP contribution in [0.25, 0.3) is 10.2 Å². The fourth-order valence-corrected chi connectivity index (χ4v) is 2.88. The summed E-state index contributed by atoms with van der Waals surface area (Å²) in [6.07, 6.45) is 0. The van der Waals surface area contributed by atoms with Crippen molar-refractivity contribution in [3.05, 3.63) is 46.2 Å². The van der Waals surface area contributed by atoms with Gasteiger partial charge in [0.25, 0.3) is 0 Å². The van der Waals surface area contributed by atoms with Crippen LogP contribution in [0.1, 0.15) is 5.01 Å². The molecule has 2 aromatic carbocycles. The molecule has 2 N–H and O–H groups in total. The lowest BCUT2D eigenvalue weighted by atomic mass is 10.2. The van der Waals surface area contributed by atoms with Crippen LogP contribution in [-0.4, -0.2) is 4.98 Å². The summed E-state index contributed by atoms with van der Waals surface area (Å²) in [6.45, 7) is 1.91. The Morgan fingerprint density at radius 1 is 1.30 bits per heavy atom. The van der Waals surface area contributed by atoms with Gasteiger partial charge in [-0.15, -0.1) is 11.3 Å². The average Bonchev–Trinajstić information content (AvgIpc) is 2.74. The van der Waals surface area contributed by atoms with Crippen LogP contribution in [0, 0.1) is 12.7 Å². The van der Waals surface area contributed by atoms with Gasteiger partial charge in [0.15, 0.2) is 17.3 Å². The van der Waals surface area contributed by atoms with Gasteiger partial charge in [-0.1, -0.05) is 17.7 Å². The molecule has 3 nitrogen and oxygen atoms in total. The largest absolute Gasteiger partial charge is 0.452 e. The number of anilines is 1. The van der Waals surface area contributed by atoms with Gasteiger partial charge in [0, 0.05) is 6.07 Å². The lowest BCUT2D eigenvalue weighted by Crippen LogP contribution is -1.94. The van der Waals surface area contributed by atoms with Crippen molar-refractivity contribution in [2.24, 2.45) is 0 Å². The van der Waals surface area contributed by atoms with Gasteiger partial charge in [-0.3, -0.25) is 0 Å². The van der Waals surface area contributed by atoms with E-state index in [0.29, 0.717) is 11.4 Å². The first kappa shape index (κ1) is 13.1. The molecule has 0 atom stereocenters. The normalized spacial score (nSPS) is 10.9. The van der Waals surface area contributed by atoms with Crippen molar-refractivity contribution in [2.45, 2.75) is 6.92 Å². The Morgan fingerprint density at radius 2 is 2.10 bits per heavy atom. The molecule has 0 aliphatic heterocycles. The first-order valence-electron chi connectivity index (χ1n) is 5.83. The fourth-order valence-electron chi connectivity index (χ4n) is 1.86. The maximum Gasteiger partial charge on any atom is 0.184 e. The number of halogens is 2. The van der Waals surface area contributed by atoms with E-state index in [1.54, 1.807) is 29.5 Å². The Balaban J connectivity index is 2.05. The number of benzene rings is 2. The van der Waals surface area contributed by atoms with Gasteiger partial charge in [-0.25, -0.2) is 9.37 Å². The lowest BCUT2D eigenvalue weighted by Gasteiger charge is -2.09. The second-order valence-electron chi connectivity index (χ2n) is 4.24. The maximum absolute atomic E-state index is 13.8. The van der Waals surface area contributed by atoms with Crippen LogP contribution >= 0.6 is 22.9 Å². The first-order chi connectivity index (χ1) is 9.54. The van der Waals surface area contributed by atoms with E-state index in [2.05, 4.69) is 4.98 Å². The van der Waals surface area contributed by atoms with Gasteiger partial charge in [0.2, 0.25) is 0 Å². The van der Waals surface area contributed by atoms with Crippen LogP contribution in [0.4, 0.5) is 10.1 Å². The van der Waals surface area contributed by atoms with E-state index in [1.807, 2.05) is 6.92 Å². The van der Waals surface area contributed by atoms with Crippen LogP contribution in [0.2, 0.25) is 5.02 Å². The van der Waals surface area contributed by atoms with Crippen molar-refractivity contribution in [3.63, 3.8) is 0 Å². The molecule has 0 radical (unpaired) electrons. The van der Waals surface area contributed by atoms with Crippen molar-refractivity contribution >= 4 is 38.8 Å². The van der Waals surface area contributed by atoms with E-state index < -0.39 is 5.82 Å². The number of nitrogens with zero attached hydrogens (tertiary/aromatic N) is 1. The van der Waals surface area contributed by atoms with Crippen LogP contribution in [0.3, 0.4) is 0 Å². The van der Waals surface area contributed by atoms with Crippen molar-refractivity contribution in [3.8, 4) is 11.5 Å². The number of nitrogens with two attached hydrogens (primary N) is 1. The van der Waals surface area contributed by atoms with Gasteiger partial charge >= 0.3 is 0 Å². The number of aromatic nitrogens is 1. The zero-order valence-electron chi connectivity index (χ0n) is 10.5. The average molecular weight is 309 g/mol. The molecule has 0 amide bonds. The summed E-state index contributed by atoms with van der Waals surface area (Å²) in [4.78, 5) is 4.36. The van der Waals surface area contributed by atoms with Crippen molar-refractivity contribution in [1.29, 1.82) is 0 Å². The summed E-state index contributed by atoms with van der Waals surface area (Å²) in [6, 6.07) is 8.05. The van der Waals surface area contributed by atoms with Crippen LogP contribution in [-0.2, 0) is 0 Å². The third kappa shape index (κ3) is 2.30. The number of ether oxygens (including phenoxy) is 1. The van der Waals surface area contributed by atoms with Crippen LogP contribution in [0.15, 0.2) is 30.3 Å². The molecule has 0 fully saturated rings. The van der Waals surface area contributed by atoms with Gasteiger partial charge in [-0.2, -0.15) is 0 Å². The first-order valence-corrected chi connectivity index (χ1v) is 7.02. The number of nitrogen functional groups attached to an aromatic ring is 1. The molecular weight excluding hydrogens is 299 g/mol. The smallest absolute Gasteiger partial charge is 0.184 e. The quantitative estimate of drug-likeness (QED) is 0.694. The summed E-state index contributed by atoms with van der Waals surface area (Å²) in [5.74, 6) is -0.206. The molecule has 1 aromatic heterocycles. The molecule has 3 rings (SSSR count). The Kier molecular flexibility index (Phi) is 3.23. The van der Waals surface area contributed by atoms with E-state index >= 15 is 0 Å². The molecule has 0 saturated heterocycles. The zero-order chi connectivity index (χ0) is 14.3. The van der Waals surface area contributed by atoms with Crippen LogP contribution < -0.4 is 10.5 Å². The Labute approximate surface area is 123 Å². The second kappa shape index (κ2) is 4.92. The summed E-state index contributed by atoms with van der Waals surface area (Å²) in [5.41, 5.74) is 7.14. The number of thiazole rings is 1. The van der Waals surface area contributed by atoms with E-state index in [-0.39, 0.29) is 10.8 Å². The van der Waals surface area contributed by atoms with E-state index in [0.717, 1.165) is 15.2 Å². The van der Waals surface area contributed by atoms with Crippen molar-refractivity contribution in [1.82, 2.24) is 4.98 Å². The summed E-state index contributed by atoms with van der Waals surface area (Å²) < 4.78 is 20.3. The summed E-state index contributed by atoms with van der Waals surface area (Å²) in [5, 5.41) is 0.942. The fraction of sp³-hybridized carbons (Fsp3) is 0.0714. The predicted molar refractivity (Wildman–Crippen MR) is 80.3 cm³/mol. The Bertz CT molecular complexity index is 803. The molecule has 1 heterocycles. The molecule has 20 heavy (non-hydrogen) atoms. The highest BCUT2D eigenvalue weighted by atomic mass is 35.5. The molecule has 6 heteroatoms. The van der Waals surface area contributed by atoms with Crippen LogP contribution in [0.5, 0.6) is 11.5 Å². The number of hydrogen-bond acceptors (Lipinski definition) is 4. The molecule has 0 aliphatic rings. The monoisotopic (exact) mass is 308 g/mol. The molecule has 0 aliphatic carbocycles. The molecular formula is C14H10ClFN2OS. The standard InChI is InChI=1S/C14H10ClFN2OS/c1-7-18-10-6-12(9(17)5-13(10)20-7)19-11-4-2-3-8(15)14(11)16/h2-6H,17H2,1H3. The SMILES string of the molecule is Cc1nc2cc(Oc3cccc(Cl)c3F)c(N)cc2s1. The van der Waals surface area contributed by atoms with E-state index in [9.17, 15) is 4.39 Å².